The maximum absolute atomic E-state index is 11.5. The van der Waals surface area contributed by atoms with Crippen molar-refractivity contribution >= 4 is 45.4 Å². The van der Waals surface area contributed by atoms with E-state index in [0.717, 1.165) is 9.09 Å². The van der Waals surface area contributed by atoms with Crippen LogP contribution >= 0.6 is 22.6 Å². The van der Waals surface area contributed by atoms with Gasteiger partial charge in [0.15, 0.2) is 5.65 Å². The van der Waals surface area contributed by atoms with Crippen LogP contribution in [0, 0.1) is 3.70 Å². The van der Waals surface area contributed by atoms with Gasteiger partial charge in [-0.3, -0.25) is 4.79 Å². The van der Waals surface area contributed by atoms with Crippen LogP contribution in [-0.4, -0.2) is 57.7 Å². The second kappa shape index (κ2) is 9.42. The summed E-state index contributed by atoms with van der Waals surface area (Å²) in [4.78, 5) is 19.7. The van der Waals surface area contributed by atoms with Crippen molar-refractivity contribution in [1.82, 2.24) is 19.7 Å². The minimum atomic E-state index is -0.468. The summed E-state index contributed by atoms with van der Waals surface area (Å²) in [5.41, 5.74) is 6.08. The van der Waals surface area contributed by atoms with Crippen molar-refractivity contribution in [1.29, 1.82) is 0 Å². The highest BCUT2D eigenvalue weighted by Crippen LogP contribution is 2.22. The Morgan fingerprint density at radius 2 is 1.88 bits per heavy atom. The lowest BCUT2D eigenvalue weighted by atomic mass is 10.2. The molecule has 144 valence electrons. The molecule has 0 aromatic carbocycles. The van der Waals surface area contributed by atoms with E-state index in [4.69, 9.17) is 19.9 Å². The summed E-state index contributed by atoms with van der Waals surface area (Å²) in [6, 6.07) is 0. The second-order valence-electron chi connectivity index (χ2n) is 6.53. The Labute approximate surface area is 165 Å². The topological polar surface area (TPSA) is 114 Å². The molecular weight excluding hydrogens is 453 g/mol. The van der Waals surface area contributed by atoms with Crippen molar-refractivity contribution < 1.29 is 19.0 Å². The summed E-state index contributed by atoms with van der Waals surface area (Å²) in [5, 5.41) is 5.17. The normalized spacial score (nSPS) is 11.8. The van der Waals surface area contributed by atoms with E-state index < -0.39 is 5.60 Å². The molecule has 2 aromatic rings. The fraction of sp³-hybridized carbons (Fsp3) is 0.625. The molecule has 10 heteroatoms. The Hall–Kier alpha value is -1.53. The van der Waals surface area contributed by atoms with Crippen LogP contribution in [0.2, 0.25) is 0 Å². The number of carbonyl (C=O) groups is 1. The first-order valence-electron chi connectivity index (χ1n) is 8.28. The van der Waals surface area contributed by atoms with Crippen molar-refractivity contribution in [2.75, 3.05) is 32.2 Å². The number of rotatable bonds is 9. The van der Waals surface area contributed by atoms with Crippen molar-refractivity contribution in [2.45, 2.75) is 39.3 Å². The van der Waals surface area contributed by atoms with Gasteiger partial charge in [-0.1, -0.05) is 0 Å². The van der Waals surface area contributed by atoms with Crippen LogP contribution < -0.4 is 5.73 Å². The molecule has 0 fully saturated rings. The van der Waals surface area contributed by atoms with Gasteiger partial charge in [-0.15, -0.1) is 0 Å². The molecule has 2 N–H and O–H groups in total. The lowest BCUT2D eigenvalue weighted by molar-refractivity contribution is -0.156. The number of esters is 1. The van der Waals surface area contributed by atoms with Crippen LogP contribution in [0.1, 0.15) is 27.2 Å². The molecule has 0 aliphatic heterocycles. The summed E-state index contributed by atoms with van der Waals surface area (Å²) < 4.78 is 18.6. The molecule has 2 rings (SSSR count). The standard InChI is InChI=1S/C16H24IN5O4/c1-16(2,3)26-11(23)4-6-24-8-9-25-7-5-22-15-12(13(17)21-22)14(18)19-10-20-15/h10H,4-9H2,1-3H3,(H2,18,19,20). The van der Waals surface area contributed by atoms with E-state index >= 15 is 0 Å². The minimum absolute atomic E-state index is 0.232. The minimum Gasteiger partial charge on any atom is -0.460 e. The van der Waals surface area contributed by atoms with Crippen molar-refractivity contribution in [3.8, 4) is 0 Å². The first-order chi connectivity index (χ1) is 12.3. The fourth-order valence-electron chi connectivity index (χ4n) is 2.16. The van der Waals surface area contributed by atoms with Crippen LogP contribution in [0.4, 0.5) is 5.82 Å². The first-order valence-corrected chi connectivity index (χ1v) is 9.35. The summed E-state index contributed by atoms with van der Waals surface area (Å²) in [5.74, 6) is 0.157. The fourth-order valence-corrected chi connectivity index (χ4v) is 2.94. The van der Waals surface area contributed by atoms with E-state index in [9.17, 15) is 4.79 Å². The molecule has 0 bridgehead atoms. The molecule has 0 unspecified atom stereocenters. The molecule has 0 saturated carbocycles. The number of halogens is 1. The quantitative estimate of drug-likeness (QED) is 0.330. The highest BCUT2D eigenvalue weighted by atomic mass is 127. The zero-order valence-corrected chi connectivity index (χ0v) is 17.4. The Morgan fingerprint density at radius 3 is 2.58 bits per heavy atom. The number of hydrogen-bond acceptors (Lipinski definition) is 8. The highest BCUT2D eigenvalue weighted by molar-refractivity contribution is 14.1. The van der Waals surface area contributed by atoms with E-state index in [0.29, 0.717) is 44.4 Å². The number of aromatic nitrogens is 4. The zero-order valence-electron chi connectivity index (χ0n) is 15.2. The van der Waals surface area contributed by atoms with Crippen LogP contribution in [0.3, 0.4) is 0 Å². The van der Waals surface area contributed by atoms with Crippen molar-refractivity contribution in [3.63, 3.8) is 0 Å². The number of hydrogen-bond donors (Lipinski definition) is 1. The number of fused-ring (bicyclic) bond motifs is 1. The van der Waals surface area contributed by atoms with E-state index in [-0.39, 0.29) is 12.4 Å². The van der Waals surface area contributed by atoms with Gasteiger partial charge < -0.3 is 19.9 Å². The predicted octanol–water partition coefficient (Wildman–Crippen LogP) is 1.78. The van der Waals surface area contributed by atoms with Crippen LogP contribution in [0.25, 0.3) is 11.0 Å². The zero-order chi connectivity index (χ0) is 19.2. The third-order valence-corrected chi connectivity index (χ3v) is 3.96. The van der Waals surface area contributed by atoms with Gasteiger partial charge in [-0.25, -0.2) is 14.6 Å². The number of nitrogens with two attached hydrogens (primary N) is 1. The largest absolute Gasteiger partial charge is 0.460 e. The van der Waals surface area contributed by atoms with Gasteiger partial charge in [-0.05, 0) is 43.4 Å². The molecule has 0 aliphatic rings. The van der Waals surface area contributed by atoms with Gasteiger partial charge in [-0.2, -0.15) is 5.10 Å². The van der Waals surface area contributed by atoms with Gasteiger partial charge in [0.2, 0.25) is 0 Å². The van der Waals surface area contributed by atoms with Crippen molar-refractivity contribution in [2.24, 2.45) is 0 Å². The molecular formula is C16H24IN5O4. The third-order valence-electron chi connectivity index (χ3n) is 3.21. The molecule has 2 aromatic heterocycles. The SMILES string of the molecule is CC(C)(C)OC(=O)CCOCCOCCn1nc(I)c2c(N)ncnc21. The molecule has 0 spiro atoms. The first kappa shape index (κ1) is 20.8. The summed E-state index contributed by atoms with van der Waals surface area (Å²) in [6.45, 7) is 7.69. The van der Waals surface area contributed by atoms with Crippen LogP contribution in [-0.2, 0) is 25.5 Å². The molecule has 0 radical (unpaired) electrons. The van der Waals surface area contributed by atoms with Gasteiger partial charge in [0, 0.05) is 0 Å². The maximum Gasteiger partial charge on any atom is 0.308 e. The molecule has 0 amide bonds. The number of nitrogen functional groups attached to an aromatic ring is 1. The second-order valence-corrected chi connectivity index (χ2v) is 7.55. The van der Waals surface area contributed by atoms with E-state index in [2.05, 4.69) is 37.7 Å². The van der Waals surface area contributed by atoms with Gasteiger partial charge in [0.25, 0.3) is 0 Å². The van der Waals surface area contributed by atoms with Crippen LogP contribution in [0.15, 0.2) is 6.33 Å². The summed E-state index contributed by atoms with van der Waals surface area (Å²) in [7, 11) is 0. The molecule has 26 heavy (non-hydrogen) atoms. The number of nitrogens with zero attached hydrogens (tertiary/aromatic N) is 4. The van der Waals surface area contributed by atoms with Crippen LogP contribution in [0.5, 0.6) is 0 Å². The van der Waals surface area contributed by atoms with Gasteiger partial charge in [0.1, 0.15) is 21.4 Å². The Balaban J connectivity index is 1.62. The highest BCUT2D eigenvalue weighted by Gasteiger charge is 2.15. The average Bonchev–Trinajstić information content (AvgIpc) is 2.86. The number of ether oxygens (including phenoxy) is 3. The van der Waals surface area contributed by atoms with E-state index in [1.54, 1.807) is 4.68 Å². The van der Waals surface area contributed by atoms with Gasteiger partial charge in [0.05, 0.1) is 44.8 Å². The third kappa shape index (κ3) is 6.32. The molecule has 0 atom stereocenters. The predicted molar refractivity (Wildman–Crippen MR) is 105 cm³/mol. The average molecular weight is 477 g/mol. The van der Waals surface area contributed by atoms with Crippen molar-refractivity contribution in [3.05, 3.63) is 10.0 Å². The Kier molecular flexibility index (Phi) is 7.53. The smallest absolute Gasteiger partial charge is 0.308 e. The summed E-state index contributed by atoms with van der Waals surface area (Å²) >= 11 is 2.11. The molecule has 2 heterocycles. The lowest BCUT2D eigenvalue weighted by Crippen LogP contribution is -2.24. The Morgan fingerprint density at radius 1 is 1.19 bits per heavy atom. The summed E-state index contributed by atoms with van der Waals surface area (Å²) in [6.07, 6.45) is 1.65. The lowest BCUT2D eigenvalue weighted by Gasteiger charge is -2.19. The molecule has 0 saturated heterocycles. The monoisotopic (exact) mass is 477 g/mol. The number of anilines is 1. The maximum atomic E-state index is 11.5. The Bertz CT molecular complexity index is 744. The number of carbonyl (C=O) groups excluding carboxylic acids is 1. The van der Waals surface area contributed by atoms with E-state index in [1.807, 2.05) is 20.8 Å². The van der Waals surface area contributed by atoms with Gasteiger partial charge >= 0.3 is 5.97 Å². The molecule has 9 nitrogen and oxygen atoms in total. The van der Waals surface area contributed by atoms with E-state index in [1.165, 1.54) is 6.33 Å². The molecule has 0 aliphatic carbocycles.